The summed E-state index contributed by atoms with van der Waals surface area (Å²) in [5.41, 5.74) is -0.529. The molecule has 1 atom stereocenters. The molecule has 0 bridgehead atoms. The Balaban J connectivity index is 3.77. The molecule has 2 N–H and O–H groups in total. The van der Waals surface area contributed by atoms with Crippen molar-refractivity contribution in [1.29, 1.82) is 0 Å². The van der Waals surface area contributed by atoms with Crippen LogP contribution in [0.4, 0.5) is 0 Å². The number of nitrogens with one attached hydrogen (secondary N) is 1. The Hall–Kier alpha value is -1.67. The largest absolute Gasteiger partial charge is 0.480 e. The Morgan fingerprint density at radius 1 is 1.08 bits per heavy atom. The molecular formula is C17H31NO7. The second-order valence-corrected chi connectivity index (χ2v) is 6.59. The molecule has 0 saturated carbocycles. The van der Waals surface area contributed by atoms with E-state index in [0.717, 1.165) is 0 Å². The Bertz CT molecular complexity index is 418. The molecule has 8 heteroatoms. The van der Waals surface area contributed by atoms with E-state index >= 15 is 0 Å². The molecule has 0 saturated heterocycles. The standard InChI is InChI=1S/C17H31NO7/c1-5-13(16(22)25-17(2,3)4)6-7-14(19)18-8-9-23-10-11-24-12-15(20)21/h13H,5-12H2,1-4H3,(H,18,19)(H,20,21)/t13-/m0/s1. The number of carbonyl (C=O) groups excluding carboxylic acids is 2. The van der Waals surface area contributed by atoms with E-state index in [0.29, 0.717) is 26.0 Å². The Kier molecular flexibility index (Phi) is 11.8. The summed E-state index contributed by atoms with van der Waals surface area (Å²) in [4.78, 5) is 34.0. The van der Waals surface area contributed by atoms with Crippen molar-refractivity contribution in [1.82, 2.24) is 5.32 Å². The first-order valence-electron chi connectivity index (χ1n) is 8.52. The molecule has 146 valence electrons. The Labute approximate surface area is 149 Å². The number of carboxylic acid groups (broad SMARTS) is 1. The van der Waals surface area contributed by atoms with Crippen LogP contribution in [0.1, 0.15) is 47.0 Å². The second kappa shape index (κ2) is 12.7. The quantitative estimate of drug-likeness (QED) is 0.376. The molecule has 8 nitrogen and oxygen atoms in total. The number of carbonyl (C=O) groups is 3. The lowest BCUT2D eigenvalue weighted by Crippen LogP contribution is -2.31. The van der Waals surface area contributed by atoms with Gasteiger partial charge >= 0.3 is 11.9 Å². The van der Waals surface area contributed by atoms with Crippen molar-refractivity contribution in [3.05, 3.63) is 0 Å². The lowest BCUT2D eigenvalue weighted by Gasteiger charge is -2.23. The van der Waals surface area contributed by atoms with Gasteiger partial charge in [-0.25, -0.2) is 4.79 Å². The van der Waals surface area contributed by atoms with Gasteiger partial charge in [-0.15, -0.1) is 0 Å². The smallest absolute Gasteiger partial charge is 0.329 e. The maximum Gasteiger partial charge on any atom is 0.329 e. The molecule has 1 amide bonds. The van der Waals surface area contributed by atoms with Crippen LogP contribution in [0, 0.1) is 5.92 Å². The number of hydrogen-bond acceptors (Lipinski definition) is 6. The van der Waals surface area contributed by atoms with Crippen molar-refractivity contribution in [2.75, 3.05) is 33.0 Å². The van der Waals surface area contributed by atoms with E-state index in [1.54, 1.807) is 0 Å². The van der Waals surface area contributed by atoms with Gasteiger partial charge in [0.2, 0.25) is 5.91 Å². The summed E-state index contributed by atoms with van der Waals surface area (Å²) < 4.78 is 15.3. The van der Waals surface area contributed by atoms with Gasteiger partial charge in [0, 0.05) is 13.0 Å². The fourth-order valence-electron chi connectivity index (χ4n) is 1.91. The summed E-state index contributed by atoms with van der Waals surface area (Å²) in [6.45, 7) is 8.11. The van der Waals surface area contributed by atoms with Crippen molar-refractivity contribution >= 4 is 17.8 Å². The minimum atomic E-state index is -1.02. The number of amides is 1. The van der Waals surface area contributed by atoms with Crippen LogP contribution in [0.15, 0.2) is 0 Å². The van der Waals surface area contributed by atoms with Crippen LogP contribution in [0.2, 0.25) is 0 Å². The Morgan fingerprint density at radius 3 is 2.28 bits per heavy atom. The van der Waals surface area contributed by atoms with Gasteiger partial charge in [-0.1, -0.05) is 6.92 Å². The van der Waals surface area contributed by atoms with E-state index in [9.17, 15) is 14.4 Å². The highest BCUT2D eigenvalue weighted by atomic mass is 16.6. The molecule has 0 spiro atoms. The van der Waals surface area contributed by atoms with Crippen LogP contribution in [-0.2, 0) is 28.6 Å². The fourth-order valence-corrected chi connectivity index (χ4v) is 1.91. The molecule has 0 heterocycles. The van der Waals surface area contributed by atoms with E-state index in [2.05, 4.69) is 5.32 Å². The van der Waals surface area contributed by atoms with Crippen molar-refractivity contribution in [2.45, 2.75) is 52.6 Å². The minimum Gasteiger partial charge on any atom is -0.480 e. The second-order valence-electron chi connectivity index (χ2n) is 6.59. The zero-order chi connectivity index (χ0) is 19.3. The molecule has 0 rings (SSSR count). The molecule has 25 heavy (non-hydrogen) atoms. The average molecular weight is 361 g/mol. The van der Waals surface area contributed by atoms with Gasteiger partial charge in [0.25, 0.3) is 0 Å². The van der Waals surface area contributed by atoms with Gasteiger partial charge in [0.15, 0.2) is 0 Å². The van der Waals surface area contributed by atoms with Gasteiger partial charge in [-0.3, -0.25) is 9.59 Å². The third kappa shape index (κ3) is 14.4. The number of aliphatic carboxylic acids is 1. The predicted molar refractivity (Wildman–Crippen MR) is 91.1 cm³/mol. The normalized spacial score (nSPS) is 12.5. The van der Waals surface area contributed by atoms with Crippen LogP contribution in [0.25, 0.3) is 0 Å². The number of carboxylic acids is 1. The number of rotatable bonds is 13. The third-order valence-electron chi connectivity index (χ3n) is 3.12. The molecular weight excluding hydrogens is 330 g/mol. The lowest BCUT2D eigenvalue weighted by molar-refractivity contribution is -0.160. The molecule has 0 radical (unpaired) electrons. The van der Waals surface area contributed by atoms with Gasteiger partial charge in [-0.2, -0.15) is 0 Å². The number of esters is 1. The summed E-state index contributed by atoms with van der Waals surface area (Å²) in [5.74, 6) is -1.73. The van der Waals surface area contributed by atoms with E-state index in [1.807, 2.05) is 27.7 Å². The van der Waals surface area contributed by atoms with Crippen LogP contribution >= 0.6 is 0 Å². The highest BCUT2D eigenvalue weighted by Crippen LogP contribution is 2.17. The summed E-state index contributed by atoms with van der Waals surface area (Å²) >= 11 is 0. The first-order valence-corrected chi connectivity index (χ1v) is 8.52. The highest BCUT2D eigenvalue weighted by molar-refractivity contribution is 5.77. The fraction of sp³-hybridized carbons (Fsp3) is 0.824. The zero-order valence-electron chi connectivity index (χ0n) is 15.6. The molecule has 0 aromatic rings. The van der Waals surface area contributed by atoms with E-state index in [-0.39, 0.29) is 44.0 Å². The number of hydrogen-bond donors (Lipinski definition) is 2. The summed E-state index contributed by atoms with van der Waals surface area (Å²) in [6, 6.07) is 0. The summed E-state index contributed by atoms with van der Waals surface area (Å²) in [5, 5.41) is 11.1. The average Bonchev–Trinajstić information content (AvgIpc) is 2.48. The van der Waals surface area contributed by atoms with Crippen LogP contribution in [0.3, 0.4) is 0 Å². The van der Waals surface area contributed by atoms with Crippen molar-refractivity contribution in [3.63, 3.8) is 0 Å². The van der Waals surface area contributed by atoms with Gasteiger partial charge in [0.1, 0.15) is 12.2 Å². The van der Waals surface area contributed by atoms with Crippen LogP contribution < -0.4 is 5.32 Å². The van der Waals surface area contributed by atoms with Gasteiger partial charge in [0.05, 0.1) is 25.7 Å². The van der Waals surface area contributed by atoms with E-state index < -0.39 is 11.6 Å². The lowest BCUT2D eigenvalue weighted by atomic mass is 10.00. The monoisotopic (exact) mass is 361 g/mol. The first kappa shape index (κ1) is 23.3. The van der Waals surface area contributed by atoms with Gasteiger partial charge in [-0.05, 0) is 33.6 Å². The van der Waals surface area contributed by atoms with Crippen molar-refractivity contribution in [2.24, 2.45) is 5.92 Å². The summed E-state index contributed by atoms with van der Waals surface area (Å²) in [6.07, 6.45) is 1.32. The molecule has 0 aromatic heterocycles. The maximum atomic E-state index is 12.0. The zero-order valence-corrected chi connectivity index (χ0v) is 15.6. The van der Waals surface area contributed by atoms with E-state index in [4.69, 9.17) is 19.3 Å². The topological polar surface area (TPSA) is 111 Å². The third-order valence-corrected chi connectivity index (χ3v) is 3.12. The van der Waals surface area contributed by atoms with Crippen LogP contribution in [0.5, 0.6) is 0 Å². The minimum absolute atomic E-state index is 0.146. The molecule has 0 fully saturated rings. The molecule has 0 aliphatic carbocycles. The SMILES string of the molecule is CC[C@@H](CCC(=O)NCCOCCOCC(=O)O)C(=O)OC(C)(C)C. The molecule has 0 unspecified atom stereocenters. The van der Waals surface area contributed by atoms with Crippen LogP contribution in [-0.4, -0.2) is 61.5 Å². The van der Waals surface area contributed by atoms with E-state index in [1.165, 1.54) is 0 Å². The van der Waals surface area contributed by atoms with Gasteiger partial charge < -0.3 is 24.6 Å². The predicted octanol–water partition coefficient (Wildman–Crippen LogP) is 1.37. The highest BCUT2D eigenvalue weighted by Gasteiger charge is 2.24. The first-order chi connectivity index (χ1) is 11.7. The van der Waals surface area contributed by atoms with Crippen molar-refractivity contribution < 1.29 is 33.7 Å². The molecule has 0 aromatic carbocycles. The molecule has 0 aliphatic rings. The summed E-state index contributed by atoms with van der Waals surface area (Å²) in [7, 11) is 0. The van der Waals surface area contributed by atoms with Crippen molar-refractivity contribution in [3.8, 4) is 0 Å². The Morgan fingerprint density at radius 2 is 1.72 bits per heavy atom. The number of ether oxygens (including phenoxy) is 3. The maximum absolute atomic E-state index is 12.0. The molecule has 0 aliphatic heterocycles.